The molecular weight excluding hydrogens is 273 g/mol. The van der Waals surface area contributed by atoms with Crippen LogP contribution in [0.1, 0.15) is 18.4 Å². The molecule has 5 nitrogen and oxygen atoms in total. The summed E-state index contributed by atoms with van der Waals surface area (Å²) in [5.41, 5.74) is 0.0594. The monoisotopic (exact) mass is 287 g/mol. The van der Waals surface area contributed by atoms with Gasteiger partial charge in [-0.05, 0) is 31.9 Å². The number of carboxylic acids is 1. The predicted octanol–water partition coefficient (Wildman–Crippen LogP) is 1.28. The summed E-state index contributed by atoms with van der Waals surface area (Å²) in [5, 5.41) is 8.72. The van der Waals surface area contributed by atoms with Crippen molar-refractivity contribution in [2.24, 2.45) is 5.92 Å². The zero-order valence-corrected chi connectivity index (χ0v) is 11.1. The molecule has 0 atom stereocenters. The molecule has 0 radical (unpaired) electrons. The van der Waals surface area contributed by atoms with Crippen LogP contribution < -0.4 is 4.72 Å². The van der Waals surface area contributed by atoms with E-state index in [0.717, 1.165) is 0 Å². The number of benzene rings is 1. The first-order chi connectivity index (χ1) is 8.81. The van der Waals surface area contributed by atoms with Crippen molar-refractivity contribution in [2.45, 2.75) is 30.7 Å². The standard InChI is InChI=1S/C12H14FNO4S/c1-7-10(13)3-2-4-11(7)19(17,18)14-9-5-8(6-9)12(15)16/h2-4,8-9,14H,5-6H2,1H3,(H,15,16). The third-order valence-electron chi connectivity index (χ3n) is 3.32. The predicted molar refractivity (Wildman–Crippen MR) is 65.6 cm³/mol. The molecule has 1 fully saturated rings. The van der Waals surface area contributed by atoms with Gasteiger partial charge in [0.15, 0.2) is 0 Å². The Kier molecular flexibility index (Phi) is 3.60. The fourth-order valence-electron chi connectivity index (χ4n) is 2.08. The van der Waals surface area contributed by atoms with Gasteiger partial charge in [-0.2, -0.15) is 0 Å². The van der Waals surface area contributed by atoms with Gasteiger partial charge in [0.05, 0.1) is 10.8 Å². The van der Waals surface area contributed by atoms with Crippen molar-refractivity contribution < 1.29 is 22.7 Å². The number of hydrogen-bond donors (Lipinski definition) is 2. The molecule has 2 N–H and O–H groups in total. The van der Waals surface area contributed by atoms with Gasteiger partial charge in [-0.15, -0.1) is 0 Å². The molecule has 1 aliphatic rings. The van der Waals surface area contributed by atoms with Gasteiger partial charge in [0.25, 0.3) is 0 Å². The van der Waals surface area contributed by atoms with Crippen molar-refractivity contribution in [3.63, 3.8) is 0 Å². The molecule has 0 heterocycles. The Bertz CT molecular complexity index is 608. The normalized spacial score (nSPS) is 22.8. The minimum absolute atomic E-state index is 0.0594. The summed E-state index contributed by atoms with van der Waals surface area (Å²) in [6.45, 7) is 1.39. The SMILES string of the molecule is Cc1c(F)cccc1S(=O)(=O)NC1CC(C(=O)O)C1. The van der Waals surface area contributed by atoms with Gasteiger partial charge in [0.1, 0.15) is 5.82 Å². The van der Waals surface area contributed by atoms with Crippen molar-refractivity contribution in [2.75, 3.05) is 0 Å². The lowest BCUT2D eigenvalue weighted by Crippen LogP contribution is -2.46. The molecule has 1 saturated carbocycles. The van der Waals surface area contributed by atoms with E-state index in [4.69, 9.17) is 5.11 Å². The minimum atomic E-state index is -3.81. The molecular formula is C12H14FNO4S. The first-order valence-corrected chi connectivity index (χ1v) is 7.30. The zero-order valence-electron chi connectivity index (χ0n) is 10.3. The summed E-state index contributed by atoms with van der Waals surface area (Å²) in [7, 11) is -3.81. The van der Waals surface area contributed by atoms with Crippen molar-refractivity contribution in [1.82, 2.24) is 4.72 Å². The smallest absolute Gasteiger partial charge is 0.306 e. The molecule has 0 bridgehead atoms. The topological polar surface area (TPSA) is 83.5 Å². The van der Waals surface area contributed by atoms with Crippen LogP contribution in [0.15, 0.2) is 23.1 Å². The van der Waals surface area contributed by atoms with Gasteiger partial charge in [0, 0.05) is 11.6 Å². The Morgan fingerprint density at radius 1 is 1.42 bits per heavy atom. The number of sulfonamides is 1. The van der Waals surface area contributed by atoms with E-state index in [-0.39, 0.29) is 23.3 Å². The van der Waals surface area contributed by atoms with E-state index in [2.05, 4.69) is 4.72 Å². The number of aliphatic carboxylic acids is 1. The molecule has 0 aliphatic heterocycles. The maximum Gasteiger partial charge on any atom is 0.306 e. The fraction of sp³-hybridized carbons (Fsp3) is 0.417. The average molecular weight is 287 g/mol. The Hall–Kier alpha value is -1.47. The van der Waals surface area contributed by atoms with Crippen LogP contribution in [0.25, 0.3) is 0 Å². The summed E-state index contributed by atoms with van der Waals surface area (Å²) in [5.74, 6) is -2.00. The van der Waals surface area contributed by atoms with Gasteiger partial charge in [0.2, 0.25) is 10.0 Å². The van der Waals surface area contributed by atoms with Gasteiger partial charge in [-0.25, -0.2) is 17.5 Å². The van der Waals surface area contributed by atoms with Crippen molar-refractivity contribution in [1.29, 1.82) is 0 Å². The number of hydrogen-bond acceptors (Lipinski definition) is 3. The van der Waals surface area contributed by atoms with Crippen LogP contribution in [0.4, 0.5) is 4.39 Å². The van der Waals surface area contributed by atoms with Crippen LogP contribution in [0.3, 0.4) is 0 Å². The zero-order chi connectivity index (χ0) is 14.2. The third-order valence-corrected chi connectivity index (χ3v) is 4.98. The molecule has 1 aromatic rings. The number of nitrogens with one attached hydrogen (secondary N) is 1. The molecule has 104 valence electrons. The lowest BCUT2D eigenvalue weighted by molar-refractivity contribution is -0.145. The Labute approximate surface area is 110 Å². The molecule has 1 aromatic carbocycles. The summed E-state index contributed by atoms with van der Waals surface area (Å²) >= 11 is 0. The van der Waals surface area contributed by atoms with Crippen molar-refractivity contribution >= 4 is 16.0 Å². The highest BCUT2D eigenvalue weighted by atomic mass is 32.2. The quantitative estimate of drug-likeness (QED) is 0.873. The van der Waals surface area contributed by atoms with Crippen LogP contribution in [0.2, 0.25) is 0 Å². The van der Waals surface area contributed by atoms with E-state index in [1.54, 1.807) is 0 Å². The number of halogens is 1. The molecule has 0 unspecified atom stereocenters. The molecule has 2 rings (SSSR count). The summed E-state index contributed by atoms with van der Waals surface area (Å²) in [4.78, 5) is 10.5. The van der Waals surface area contributed by atoms with E-state index in [1.807, 2.05) is 0 Å². The van der Waals surface area contributed by atoms with E-state index < -0.39 is 33.8 Å². The number of rotatable bonds is 4. The van der Waals surface area contributed by atoms with E-state index in [1.165, 1.54) is 25.1 Å². The first-order valence-electron chi connectivity index (χ1n) is 5.81. The average Bonchev–Trinajstić information content (AvgIpc) is 2.26. The summed E-state index contributed by atoms with van der Waals surface area (Å²) in [6.07, 6.45) is 0.534. The van der Waals surface area contributed by atoms with Crippen molar-refractivity contribution in [3.05, 3.63) is 29.6 Å². The Morgan fingerprint density at radius 3 is 2.63 bits per heavy atom. The van der Waals surface area contributed by atoms with Crippen LogP contribution in [-0.2, 0) is 14.8 Å². The highest BCUT2D eigenvalue weighted by molar-refractivity contribution is 7.89. The second kappa shape index (κ2) is 4.90. The number of carboxylic acid groups (broad SMARTS) is 1. The minimum Gasteiger partial charge on any atom is -0.481 e. The van der Waals surface area contributed by atoms with Gasteiger partial charge < -0.3 is 5.11 Å². The maximum absolute atomic E-state index is 13.3. The van der Waals surface area contributed by atoms with Crippen LogP contribution in [-0.4, -0.2) is 25.5 Å². The molecule has 0 aromatic heterocycles. The maximum atomic E-state index is 13.3. The van der Waals surface area contributed by atoms with Gasteiger partial charge in [-0.3, -0.25) is 4.79 Å². The largest absolute Gasteiger partial charge is 0.481 e. The molecule has 0 amide bonds. The van der Waals surface area contributed by atoms with E-state index in [9.17, 15) is 17.6 Å². The van der Waals surface area contributed by atoms with Gasteiger partial charge >= 0.3 is 5.97 Å². The van der Waals surface area contributed by atoms with E-state index >= 15 is 0 Å². The number of carbonyl (C=O) groups is 1. The highest BCUT2D eigenvalue weighted by Gasteiger charge is 2.37. The lowest BCUT2D eigenvalue weighted by atomic mass is 9.81. The molecule has 0 saturated heterocycles. The molecule has 1 aliphatic carbocycles. The van der Waals surface area contributed by atoms with Gasteiger partial charge in [-0.1, -0.05) is 6.07 Å². The third kappa shape index (κ3) is 2.76. The second-order valence-corrected chi connectivity index (χ2v) is 6.37. The fourth-order valence-corrected chi connectivity index (χ4v) is 3.59. The molecule has 19 heavy (non-hydrogen) atoms. The molecule has 0 spiro atoms. The molecule has 7 heteroatoms. The second-order valence-electron chi connectivity index (χ2n) is 4.69. The van der Waals surface area contributed by atoms with Crippen LogP contribution in [0, 0.1) is 18.7 Å². The van der Waals surface area contributed by atoms with Crippen LogP contribution >= 0.6 is 0 Å². The lowest BCUT2D eigenvalue weighted by Gasteiger charge is -2.32. The Balaban J connectivity index is 2.12. The highest BCUT2D eigenvalue weighted by Crippen LogP contribution is 2.29. The summed E-state index contributed by atoms with van der Waals surface area (Å²) in [6, 6.07) is 3.46. The van der Waals surface area contributed by atoms with Crippen LogP contribution in [0.5, 0.6) is 0 Å². The first kappa shape index (κ1) is 14.0. The van der Waals surface area contributed by atoms with Crippen molar-refractivity contribution in [3.8, 4) is 0 Å². The van der Waals surface area contributed by atoms with E-state index in [0.29, 0.717) is 0 Å². The summed E-state index contributed by atoms with van der Waals surface area (Å²) < 4.78 is 39.9. The Morgan fingerprint density at radius 2 is 2.05 bits per heavy atom.